The average molecular weight is 299 g/mol. The third-order valence-electron chi connectivity index (χ3n) is 4.82. The summed E-state index contributed by atoms with van der Waals surface area (Å²) in [6.07, 6.45) is 4.55. The lowest BCUT2D eigenvalue weighted by Gasteiger charge is -2.37. The van der Waals surface area contributed by atoms with Gasteiger partial charge in [0.1, 0.15) is 0 Å². The van der Waals surface area contributed by atoms with Crippen molar-refractivity contribution in [2.45, 2.75) is 31.8 Å². The summed E-state index contributed by atoms with van der Waals surface area (Å²) in [5.41, 5.74) is 3.73. The summed E-state index contributed by atoms with van der Waals surface area (Å²) >= 11 is 0. The van der Waals surface area contributed by atoms with Crippen LogP contribution in [-0.4, -0.2) is 43.5 Å². The molecule has 0 atom stereocenters. The Morgan fingerprint density at radius 1 is 1.36 bits per heavy atom. The van der Waals surface area contributed by atoms with Gasteiger partial charge in [0.2, 0.25) is 0 Å². The molecule has 1 aromatic carbocycles. The topological polar surface area (TPSA) is 35.6 Å². The molecule has 0 spiro atoms. The van der Waals surface area contributed by atoms with Gasteiger partial charge in [-0.3, -0.25) is 4.79 Å². The molecule has 1 N–H and O–H groups in total. The summed E-state index contributed by atoms with van der Waals surface area (Å²) in [4.78, 5) is 16.7. The number of rotatable bonds is 3. The third kappa shape index (κ3) is 3.08. The smallest absolute Gasteiger partial charge is 0.250 e. The first-order chi connectivity index (χ1) is 10.7. The molecule has 2 aliphatic heterocycles. The van der Waals surface area contributed by atoms with E-state index in [1.165, 1.54) is 17.2 Å². The van der Waals surface area contributed by atoms with E-state index in [1.54, 1.807) is 0 Å². The second-order valence-electron chi connectivity index (χ2n) is 6.33. The maximum Gasteiger partial charge on any atom is 0.250 e. The Morgan fingerprint density at radius 2 is 2.14 bits per heavy atom. The van der Waals surface area contributed by atoms with Gasteiger partial charge in [0.15, 0.2) is 0 Å². The maximum absolute atomic E-state index is 12.4. The molecule has 0 saturated carbocycles. The quantitative estimate of drug-likeness (QED) is 0.867. The second kappa shape index (κ2) is 6.63. The zero-order chi connectivity index (χ0) is 15.5. The predicted octanol–water partition coefficient (Wildman–Crippen LogP) is 1.95. The van der Waals surface area contributed by atoms with Crippen LogP contribution in [0.3, 0.4) is 0 Å². The number of fused-ring (bicyclic) bond motifs is 1. The van der Waals surface area contributed by atoms with E-state index < -0.39 is 0 Å². The van der Waals surface area contributed by atoms with Gasteiger partial charge in [0.25, 0.3) is 5.91 Å². The summed E-state index contributed by atoms with van der Waals surface area (Å²) in [7, 11) is 2.14. The summed E-state index contributed by atoms with van der Waals surface area (Å²) in [5.74, 6) is 0.0123. The van der Waals surface area contributed by atoms with E-state index in [-0.39, 0.29) is 11.9 Å². The molecule has 2 aliphatic rings. The van der Waals surface area contributed by atoms with Gasteiger partial charge in [-0.05, 0) is 75.3 Å². The van der Waals surface area contributed by atoms with Crippen LogP contribution < -0.4 is 10.2 Å². The van der Waals surface area contributed by atoms with Crippen LogP contribution in [0.15, 0.2) is 30.9 Å². The number of nitrogens with one attached hydrogen (secondary N) is 1. The maximum atomic E-state index is 12.4. The van der Waals surface area contributed by atoms with E-state index in [4.69, 9.17) is 0 Å². The standard InChI is InChI=1S/C18H25N3O/c1-3-18(22)21(16-7-10-20(2)11-8-16)17-5-4-14-6-9-19-13-15(14)12-17/h3-5,12,16,19H,1,6-11,13H2,2H3. The van der Waals surface area contributed by atoms with Crippen LogP contribution >= 0.6 is 0 Å². The molecular formula is C18H25N3O. The first-order valence-electron chi connectivity index (χ1n) is 8.15. The van der Waals surface area contributed by atoms with Crippen LogP contribution in [0, 0.1) is 0 Å². The molecule has 2 heterocycles. The molecule has 1 aromatic rings. The molecule has 0 aliphatic carbocycles. The van der Waals surface area contributed by atoms with Crippen molar-refractivity contribution in [2.24, 2.45) is 0 Å². The summed E-state index contributed by atoms with van der Waals surface area (Å²) in [6, 6.07) is 6.74. The van der Waals surface area contributed by atoms with Crippen molar-refractivity contribution in [3.63, 3.8) is 0 Å². The highest BCUT2D eigenvalue weighted by atomic mass is 16.2. The molecule has 4 heteroatoms. The van der Waals surface area contributed by atoms with Crippen molar-refractivity contribution in [1.29, 1.82) is 0 Å². The molecule has 4 nitrogen and oxygen atoms in total. The number of nitrogens with zero attached hydrogens (tertiary/aromatic N) is 2. The number of likely N-dealkylation sites (tertiary alicyclic amines) is 1. The highest BCUT2D eigenvalue weighted by Gasteiger charge is 2.27. The lowest BCUT2D eigenvalue weighted by Crippen LogP contribution is -2.46. The van der Waals surface area contributed by atoms with Crippen LogP contribution in [0.1, 0.15) is 24.0 Å². The third-order valence-corrected chi connectivity index (χ3v) is 4.82. The normalized spacial score (nSPS) is 19.5. The van der Waals surface area contributed by atoms with E-state index in [0.29, 0.717) is 0 Å². The minimum Gasteiger partial charge on any atom is -0.312 e. The Bertz CT molecular complexity index is 561. The highest BCUT2D eigenvalue weighted by molar-refractivity contribution is 6.01. The van der Waals surface area contributed by atoms with E-state index in [1.807, 2.05) is 4.90 Å². The van der Waals surface area contributed by atoms with Gasteiger partial charge >= 0.3 is 0 Å². The lowest BCUT2D eigenvalue weighted by molar-refractivity contribution is -0.114. The number of anilines is 1. The zero-order valence-electron chi connectivity index (χ0n) is 13.3. The number of carbonyl (C=O) groups excluding carboxylic acids is 1. The van der Waals surface area contributed by atoms with Crippen LogP contribution in [0.5, 0.6) is 0 Å². The Hall–Kier alpha value is -1.65. The average Bonchev–Trinajstić information content (AvgIpc) is 2.56. The van der Waals surface area contributed by atoms with Crippen molar-refractivity contribution < 1.29 is 4.79 Å². The van der Waals surface area contributed by atoms with Gasteiger partial charge in [-0.15, -0.1) is 0 Å². The van der Waals surface area contributed by atoms with Gasteiger partial charge in [-0.2, -0.15) is 0 Å². The Balaban J connectivity index is 1.88. The van der Waals surface area contributed by atoms with Crippen LogP contribution in [0.2, 0.25) is 0 Å². The molecule has 0 bridgehead atoms. The van der Waals surface area contributed by atoms with Crippen LogP contribution in [0.4, 0.5) is 5.69 Å². The van der Waals surface area contributed by atoms with Gasteiger partial charge < -0.3 is 15.1 Å². The van der Waals surface area contributed by atoms with Crippen molar-refractivity contribution >= 4 is 11.6 Å². The monoisotopic (exact) mass is 299 g/mol. The second-order valence-corrected chi connectivity index (χ2v) is 6.33. The number of amides is 1. The van der Waals surface area contributed by atoms with Crippen LogP contribution in [0.25, 0.3) is 0 Å². The number of hydrogen-bond acceptors (Lipinski definition) is 3. The number of hydrogen-bond donors (Lipinski definition) is 1. The summed E-state index contributed by atoms with van der Waals surface area (Å²) in [6.45, 7) is 7.70. The van der Waals surface area contributed by atoms with Crippen molar-refractivity contribution in [3.05, 3.63) is 42.0 Å². The van der Waals surface area contributed by atoms with Crippen LogP contribution in [-0.2, 0) is 17.8 Å². The molecule has 0 aromatic heterocycles. The highest BCUT2D eigenvalue weighted by Crippen LogP contribution is 2.27. The van der Waals surface area contributed by atoms with E-state index in [9.17, 15) is 4.79 Å². The molecule has 118 valence electrons. The molecule has 0 unspecified atom stereocenters. The predicted molar refractivity (Wildman–Crippen MR) is 90.1 cm³/mol. The largest absolute Gasteiger partial charge is 0.312 e. The van der Waals surface area contributed by atoms with Gasteiger partial charge in [-0.1, -0.05) is 12.6 Å². The van der Waals surface area contributed by atoms with Gasteiger partial charge in [0.05, 0.1) is 0 Å². The number of carbonyl (C=O) groups is 1. The Labute approximate surface area is 132 Å². The molecule has 3 rings (SSSR count). The van der Waals surface area contributed by atoms with Gasteiger partial charge in [-0.25, -0.2) is 0 Å². The molecule has 1 amide bonds. The molecule has 1 fully saturated rings. The Kier molecular flexibility index (Phi) is 4.60. The Morgan fingerprint density at radius 3 is 2.86 bits per heavy atom. The van der Waals surface area contributed by atoms with E-state index in [2.05, 4.69) is 42.0 Å². The minimum atomic E-state index is 0.0123. The molecule has 1 saturated heterocycles. The fourth-order valence-corrected chi connectivity index (χ4v) is 3.49. The first-order valence-corrected chi connectivity index (χ1v) is 8.15. The lowest BCUT2D eigenvalue weighted by atomic mass is 9.98. The minimum absolute atomic E-state index is 0.0123. The van der Waals surface area contributed by atoms with Crippen molar-refractivity contribution in [3.8, 4) is 0 Å². The van der Waals surface area contributed by atoms with E-state index in [0.717, 1.165) is 51.1 Å². The van der Waals surface area contributed by atoms with Crippen molar-refractivity contribution in [2.75, 3.05) is 31.6 Å². The first kappa shape index (κ1) is 15.3. The SMILES string of the molecule is C=CC(=O)N(c1ccc2c(c1)CNCC2)C1CCN(C)CC1. The molecular weight excluding hydrogens is 274 g/mol. The fourth-order valence-electron chi connectivity index (χ4n) is 3.49. The summed E-state index contributed by atoms with van der Waals surface area (Å²) < 4.78 is 0. The number of benzene rings is 1. The zero-order valence-corrected chi connectivity index (χ0v) is 13.3. The fraction of sp³-hybridized carbons (Fsp3) is 0.500. The number of piperidine rings is 1. The van der Waals surface area contributed by atoms with E-state index >= 15 is 0 Å². The molecule has 0 radical (unpaired) electrons. The molecule has 22 heavy (non-hydrogen) atoms. The summed E-state index contributed by atoms with van der Waals surface area (Å²) in [5, 5.41) is 3.41. The van der Waals surface area contributed by atoms with Gasteiger partial charge in [0, 0.05) is 18.3 Å². The van der Waals surface area contributed by atoms with Crippen molar-refractivity contribution in [1.82, 2.24) is 10.2 Å².